The number of alkyl halides is 6. The van der Waals surface area contributed by atoms with Crippen LogP contribution < -0.4 is 56.0 Å². The predicted octanol–water partition coefficient (Wildman–Crippen LogP) is 22.0. The number of halogens is 22. The summed E-state index contributed by atoms with van der Waals surface area (Å²) in [5.41, 5.74) is -17.5. The molecule has 0 heterocycles. The lowest BCUT2D eigenvalue weighted by Gasteiger charge is -2.13. The third-order valence-electron chi connectivity index (χ3n) is 19.2. The van der Waals surface area contributed by atoms with Gasteiger partial charge in [0.15, 0.2) is 93.1 Å². The third-order valence-corrected chi connectivity index (χ3v) is 19.2. The Bertz CT molecular complexity index is 8520. The second kappa shape index (κ2) is 44.2. The Labute approximate surface area is 778 Å². The molecule has 12 aromatic rings. The summed E-state index contributed by atoms with van der Waals surface area (Å²) in [4.78, 5) is 21.9. The summed E-state index contributed by atoms with van der Waals surface area (Å²) in [6, 6.07) is 46.4. The zero-order chi connectivity index (χ0) is 104. The molecule has 0 aliphatic heterocycles. The predicted molar refractivity (Wildman–Crippen MR) is 452 cm³/mol. The molecule has 0 unspecified atom stereocenters. The van der Waals surface area contributed by atoms with E-state index in [1.165, 1.54) is 55.5 Å². The van der Waals surface area contributed by atoms with Gasteiger partial charge >= 0.3 is 12.4 Å². The number of hydrogen-bond acceptors (Lipinski definition) is 11. The number of hydrogen-bond donors (Lipinski definition) is 0. The summed E-state index contributed by atoms with van der Waals surface area (Å²) in [5, 5.41) is 74.0. The molecule has 0 N–H and O–H groups in total. The van der Waals surface area contributed by atoms with Gasteiger partial charge < -0.3 is 14.2 Å². The molecule has 0 bridgehead atoms. The molecule has 0 aromatic heterocycles. The minimum atomic E-state index is -4.78. The van der Waals surface area contributed by atoms with E-state index >= 15 is 0 Å². The molecule has 686 valence electrons. The van der Waals surface area contributed by atoms with Crippen molar-refractivity contribution in [3.63, 3.8) is 0 Å². The number of rotatable bonds is 11. The molecule has 12 rings (SSSR count). The van der Waals surface area contributed by atoms with Crippen LogP contribution in [0.3, 0.4) is 0 Å². The molecule has 41 heteroatoms. The molecular weight excluding hydrogens is 1890 g/mol. The van der Waals surface area contributed by atoms with E-state index in [2.05, 4.69) is 38.8 Å². The SMILES string of the molecule is [C-]#[N+]/C(C#N)=c1\cc/c(=C(/C#N)c2c(F)c(F)c([N+]#[C-])c(F)c2F)c(-c2ccccc2)c1.[C-]#[N+]/C(C#N)=c1\cc/c(=C(/C#N)c2c(F)c(F)c([N+]#[C-])c(F)c2F)c(Oc2cc(C)cc(C(F)(F)F)c2)c1.[C-]#[N+]/C(C#N)=c1\cc/c(=C(/C#N)c2c(F)c(F)c([N+]#[C-])c(F)c2F)c(Oc2ccc(C)cc2)c1.[C-]#[N+]/C(C#N)=c1\cc/c(=C(/C#N)c2c(F)c(F)c([N+]#[C-])c(F)c2F)c(Oc2cccc(C(F)(F)F)c2)c1. The molecule has 0 amide bonds. The molecule has 0 aliphatic carbocycles. The van der Waals surface area contributed by atoms with Crippen LogP contribution in [0.4, 0.5) is 119 Å². The lowest BCUT2D eigenvalue weighted by atomic mass is 9.95. The number of ether oxygens (including phenoxy) is 3. The van der Waals surface area contributed by atoms with Crippen LogP contribution in [0.25, 0.3) is 95.0 Å². The zero-order valence-electron chi connectivity index (χ0n) is 69.9. The van der Waals surface area contributed by atoms with Gasteiger partial charge in [0.25, 0.3) is 45.5 Å². The maximum absolute atomic E-state index is 14.8. The second-order valence-electron chi connectivity index (χ2n) is 27.5. The molecule has 0 atom stereocenters. The van der Waals surface area contributed by atoms with Crippen molar-refractivity contribution in [2.45, 2.75) is 26.2 Å². The highest BCUT2D eigenvalue weighted by Crippen LogP contribution is 2.41. The Morgan fingerprint density at radius 1 is 0.262 bits per heavy atom. The van der Waals surface area contributed by atoms with E-state index in [4.69, 9.17) is 77.3 Å². The average Bonchev–Trinajstić information content (AvgIpc) is 0.770. The van der Waals surface area contributed by atoms with Crippen molar-refractivity contribution in [3.05, 3.63) is 441 Å². The van der Waals surface area contributed by atoms with Crippen molar-refractivity contribution in [3.8, 4) is 94.2 Å². The third kappa shape index (κ3) is 21.7. The first kappa shape index (κ1) is 104. The molecule has 0 spiro atoms. The maximum Gasteiger partial charge on any atom is 0.416 e. The second-order valence-corrected chi connectivity index (χ2v) is 27.5. The summed E-state index contributed by atoms with van der Waals surface area (Å²) in [5.74, 6) is -33.9. The molecule has 12 aromatic carbocycles. The van der Waals surface area contributed by atoms with Crippen LogP contribution in [-0.4, -0.2) is 0 Å². The summed E-state index contributed by atoms with van der Waals surface area (Å²) < 4.78 is 328. The van der Waals surface area contributed by atoms with Gasteiger partial charge in [0.05, 0.1) is 133 Å². The first-order valence-corrected chi connectivity index (χ1v) is 37.7. The van der Waals surface area contributed by atoms with E-state index in [0.717, 1.165) is 78.4 Å². The van der Waals surface area contributed by atoms with E-state index < -0.39 is 229 Å². The minimum Gasteiger partial charge on any atom is -0.457 e. The van der Waals surface area contributed by atoms with Crippen molar-refractivity contribution in [2.75, 3.05) is 0 Å². The van der Waals surface area contributed by atoms with E-state index in [1.54, 1.807) is 84.9 Å². The van der Waals surface area contributed by atoms with Gasteiger partial charge in [-0.05, 0) is 118 Å². The van der Waals surface area contributed by atoms with Gasteiger partial charge in [0, 0.05) is 20.9 Å². The topological polar surface area (TPSA) is 253 Å². The van der Waals surface area contributed by atoms with Crippen molar-refractivity contribution in [1.82, 2.24) is 0 Å². The molecule has 141 heavy (non-hydrogen) atoms. The lowest BCUT2D eigenvalue weighted by molar-refractivity contribution is -0.138. The fourth-order valence-corrected chi connectivity index (χ4v) is 12.7. The van der Waals surface area contributed by atoms with Gasteiger partial charge in [-0.25, -0.2) is 130 Å². The van der Waals surface area contributed by atoms with Crippen molar-refractivity contribution >= 4 is 67.8 Å². The Morgan fingerprint density at radius 3 is 0.837 bits per heavy atom. The quantitative estimate of drug-likeness (QED) is 0.0668. The van der Waals surface area contributed by atoms with Crippen LogP contribution in [0.15, 0.2) is 170 Å². The highest BCUT2D eigenvalue weighted by molar-refractivity contribution is 5.86. The number of aryl methyl sites for hydroxylation is 2. The van der Waals surface area contributed by atoms with E-state index in [1.807, 2.05) is 6.92 Å². The highest BCUT2D eigenvalue weighted by atomic mass is 19.4. The summed E-state index contributed by atoms with van der Waals surface area (Å²) in [7, 11) is 0. The molecule has 0 aliphatic rings. The van der Waals surface area contributed by atoms with Crippen LogP contribution >= 0.6 is 0 Å². The van der Waals surface area contributed by atoms with Crippen LogP contribution in [-0.2, 0) is 12.4 Å². The van der Waals surface area contributed by atoms with Crippen LogP contribution in [0, 0.1) is 250 Å². The summed E-state index contributed by atoms with van der Waals surface area (Å²) in [6.45, 7) is 58.5. The standard InChI is InChI=1S/C26H9F7N4O.C25H7F7N4O.C25H10F4N4O.C24H8F4N4/c1-12-6-14(26(31,32)33)9-15(7-12)38-19-8-13(18(11-35)36-2)4-5-16(19)17(10-34)20-21(27)23(29)25(37-3)24(30)22(20)28;1-35-17(11-34)12-6-7-15(18(8-12)37-14-5-3-4-13(9-14)25(30,31)32)16(10-33)19-20(26)22(28)24(36-2)23(29)21(19)27;1-13-4-7-15(8-5-13)34-19-10-14(18(12-31)32-2)6-9-16(19)17(11-30)20-21(26)23(28)25(33-3)24(29)22(20)27;1-31-18(12-30)14-8-9-15(16(10-14)13-6-4-3-5-7-13)17(11-29)19-20(25)22(27)24(32-2)23(28)21(19)26/h4-9H,1H3;3-9H;4-10H,1H3;3-10H/b17-16+,18-13+;16-15+,17-12+;17-16+,18-14+;17-15+,18-14+. The Morgan fingerprint density at radius 2 is 0.546 bits per heavy atom. The average molecular weight is 1930 g/mol. The van der Waals surface area contributed by atoms with Crippen LogP contribution in [0.5, 0.6) is 34.5 Å². The summed E-state index contributed by atoms with van der Waals surface area (Å²) in [6.07, 6.45) is -9.55. The monoisotopic (exact) mass is 1920 g/mol. The number of nitriles is 8. The number of benzene rings is 12. The van der Waals surface area contributed by atoms with Gasteiger partial charge in [-0.2, -0.15) is 47.4 Å². The highest BCUT2D eigenvalue weighted by Gasteiger charge is 2.36. The molecule has 0 saturated heterocycles. The normalized spacial score (nSPS) is 12.2. The smallest absolute Gasteiger partial charge is 0.416 e. The Kier molecular flexibility index (Phi) is 32.6. The van der Waals surface area contributed by atoms with Gasteiger partial charge in [0.1, 0.15) is 58.8 Å². The van der Waals surface area contributed by atoms with Crippen molar-refractivity contribution < 1.29 is 111 Å². The molecule has 0 saturated carbocycles. The van der Waals surface area contributed by atoms with Crippen molar-refractivity contribution in [1.29, 1.82) is 42.1 Å². The fraction of sp³-hybridized carbons (Fsp3) is 0.0400. The molecule has 19 nitrogen and oxygen atoms in total. The lowest BCUT2D eigenvalue weighted by Crippen LogP contribution is -2.18. The van der Waals surface area contributed by atoms with E-state index in [-0.39, 0.29) is 65.3 Å². The zero-order valence-corrected chi connectivity index (χ0v) is 69.9. The minimum absolute atomic E-state index is 0.0855. The first-order chi connectivity index (χ1) is 67.0. The summed E-state index contributed by atoms with van der Waals surface area (Å²) >= 11 is 0. The fourth-order valence-electron chi connectivity index (χ4n) is 12.7. The van der Waals surface area contributed by atoms with Crippen LogP contribution in [0.2, 0.25) is 0 Å². The van der Waals surface area contributed by atoms with Gasteiger partial charge in [-0.15, -0.1) is 0 Å². The Hall–Kier alpha value is -20.7. The van der Waals surface area contributed by atoms with Gasteiger partial charge in [-0.3, -0.25) is 0 Å². The van der Waals surface area contributed by atoms with E-state index in [0.29, 0.717) is 17.7 Å². The molecule has 0 fully saturated rings. The molecular formula is C100H34F22N16O3. The van der Waals surface area contributed by atoms with Gasteiger partial charge in [0.2, 0.25) is 0 Å². The Balaban J connectivity index is 0.000000210. The van der Waals surface area contributed by atoms with Crippen molar-refractivity contribution in [2.24, 2.45) is 0 Å². The van der Waals surface area contributed by atoms with E-state index in [9.17, 15) is 128 Å². The first-order valence-electron chi connectivity index (χ1n) is 37.7. The number of nitrogens with zero attached hydrogens (tertiary/aromatic N) is 16. The largest absolute Gasteiger partial charge is 0.457 e. The maximum atomic E-state index is 14.8. The van der Waals surface area contributed by atoms with Crippen LogP contribution in [0.1, 0.15) is 44.5 Å². The van der Waals surface area contributed by atoms with Gasteiger partial charge in [-0.1, -0.05) is 109 Å². The molecule has 0 radical (unpaired) electrons.